The molecule has 1 aliphatic rings. The molecule has 1 atom stereocenters. The lowest BCUT2D eigenvalue weighted by Gasteiger charge is -2.23. The largest absolute Gasteiger partial charge is 0.488 e. The summed E-state index contributed by atoms with van der Waals surface area (Å²) in [6, 6.07) is 16.1. The van der Waals surface area contributed by atoms with Gasteiger partial charge in [0, 0.05) is 25.3 Å². The Morgan fingerprint density at radius 3 is 2.58 bits per heavy atom. The number of ether oxygens (including phenoxy) is 2. The van der Waals surface area contributed by atoms with Crippen LogP contribution in [-0.4, -0.2) is 36.7 Å². The molecule has 0 aliphatic heterocycles. The maximum atomic E-state index is 13.0. The van der Waals surface area contributed by atoms with Crippen LogP contribution in [0, 0.1) is 6.92 Å². The SMILES string of the molecule is COCC(C)Oc1cccc(CN(C(=O)c2ccc(C)cc2)C2CC2)c1. The summed E-state index contributed by atoms with van der Waals surface area (Å²) in [5.41, 5.74) is 3.00. The van der Waals surface area contributed by atoms with Gasteiger partial charge in [-0.3, -0.25) is 4.79 Å². The van der Waals surface area contributed by atoms with Crippen LogP contribution in [0.15, 0.2) is 48.5 Å². The smallest absolute Gasteiger partial charge is 0.254 e. The van der Waals surface area contributed by atoms with E-state index in [1.165, 1.54) is 0 Å². The normalized spacial score (nSPS) is 14.7. The molecule has 2 aromatic rings. The first-order chi connectivity index (χ1) is 12.6. The van der Waals surface area contributed by atoms with Crippen LogP contribution in [0.4, 0.5) is 0 Å². The third-order valence-electron chi connectivity index (χ3n) is 4.54. The number of nitrogens with zero attached hydrogens (tertiary/aromatic N) is 1. The minimum atomic E-state index is -0.0102. The molecule has 26 heavy (non-hydrogen) atoms. The second-order valence-corrected chi connectivity index (χ2v) is 7.06. The van der Waals surface area contributed by atoms with Crippen LogP contribution in [0.5, 0.6) is 5.75 Å². The molecule has 0 aromatic heterocycles. The van der Waals surface area contributed by atoms with Crippen LogP contribution in [0.25, 0.3) is 0 Å². The molecule has 4 heteroatoms. The molecule has 0 radical (unpaired) electrons. The first kappa shape index (κ1) is 18.5. The second kappa shape index (κ2) is 8.37. The Hall–Kier alpha value is -2.33. The molecule has 0 heterocycles. The van der Waals surface area contributed by atoms with Crippen LogP contribution < -0.4 is 4.74 Å². The maximum Gasteiger partial charge on any atom is 0.254 e. The minimum Gasteiger partial charge on any atom is -0.488 e. The van der Waals surface area contributed by atoms with Gasteiger partial charge in [0.25, 0.3) is 5.91 Å². The van der Waals surface area contributed by atoms with E-state index in [4.69, 9.17) is 9.47 Å². The number of amides is 1. The fourth-order valence-corrected chi connectivity index (χ4v) is 3.03. The van der Waals surface area contributed by atoms with Gasteiger partial charge in [0.15, 0.2) is 0 Å². The van der Waals surface area contributed by atoms with Crippen LogP contribution in [0.1, 0.15) is 41.3 Å². The van der Waals surface area contributed by atoms with Crippen molar-refractivity contribution in [1.29, 1.82) is 0 Å². The average molecular weight is 353 g/mol. The number of hydrogen-bond acceptors (Lipinski definition) is 3. The highest BCUT2D eigenvalue weighted by atomic mass is 16.5. The lowest BCUT2D eigenvalue weighted by atomic mass is 10.1. The summed E-state index contributed by atoms with van der Waals surface area (Å²) in [5, 5.41) is 0. The Balaban J connectivity index is 1.72. The zero-order valence-electron chi connectivity index (χ0n) is 15.8. The molecule has 4 nitrogen and oxygen atoms in total. The van der Waals surface area contributed by atoms with Gasteiger partial charge in [-0.2, -0.15) is 0 Å². The van der Waals surface area contributed by atoms with Crippen LogP contribution >= 0.6 is 0 Å². The van der Waals surface area contributed by atoms with Crippen molar-refractivity contribution in [3.05, 3.63) is 65.2 Å². The fourth-order valence-electron chi connectivity index (χ4n) is 3.03. The predicted molar refractivity (Wildman–Crippen MR) is 102 cm³/mol. The summed E-state index contributed by atoms with van der Waals surface area (Å²) >= 11 is 0. The fraction of sp³-hybridized carbons (Fsp3) is 0.409. The Bertz CT molecular complexity index is 737. The molecule has 0 bridgehead atoms. The average Bonchev–Trinajstić information content (AvgIpc) is 3.45. The quantitative estimate of drug-likeness (QED) is 0.713. The van der Waals surface area contributed by atoms with Crippen LogP contribution in [0.3, 0.4) is 0 Å². The van der Waals surface area contributed by atoms with E-state index in [-0.39, 0.29) is 12.0 Å². The first-order valence-electron chi connectivity index (χ1n) is 9.19. The van der Waals surface area contributed by atoms with E-state index in [0.29, 0.717) is 19.2 Å². The third kappa shape index (κ3) is 4.85. The minimum absolute atomic E-state index is 0.0102. The highest BCUT2D eigenvalue weighted by Crippen LogP contribution is 2.30. The number of carbonyl (C=O) groups excluding carboxylic acids is 1. The Labute approximate surface area is 155 Å². The van der Waals surface area contributed by atoms with Crippen molar-refractivity contribution in [2.24, 2.45) is 0 Å². The topological polar surface area (TPSA) is 38.8 Å². The molecule has 0 N–H and O–H groups in total. The van der Waals surface area contributed by atoms with Crippen molar-refractivity contribution in [2.45, 2.75) is 45.4 Å². The summed E-state index contributed by atoms with van der Waals surface area (Å²) in [6.45, 7) is 5.16. The monoisotopic (exact) mass is 353 g/mol. The number of rotatable bonds is 8. The van der Waals surface area contributed by atoms with Gasteiger partial charge in [-0.1, -0.05) is 29.8 Å². The number of hydrogen-bond donors (Lipinski definition) is 0. The van der Waals surface area contributed by atoms with Crippen molar-refractivity contribution in [3.8, 4) is 5.75 Å². The van der Waals surface area contributed by atoms with E-state index in [1.807, 2.05) is 67.3 Å². The molecular weight excluding hydrogens is 326 g/mol. The summed E-state index contributed by atoms with van der Waals surface area (Å²) in [6.07, 6.45) is 2.15. The van der Waals surface area contributed by atoms with Gasteiger partial charge in [0.1, 0.15) is 11.9 Å². The molecule has 138 valence electrons. The van der Waals surface area contributed by atoms with Crippen molar-refractivity contribution in [2.75, 3.05) is 13.7 Å². The molecular formula is C22H27NO3. The van der Waals surface area contributed by atoms with Crippen LogP contribution in [-0.2, 0) is 11.3 Å². The zero-order chi connectivity index (χ0) is 18.5. The summed E-state index contributed by atoms with van der Waals surface area (Å²) in [7, 11) is 1.67. The van der Waals surface area contributed by atoms with E-state index in [9.17, 15) is 4.79 Å². The Morgan fingerprint density at radius 1 is 1.19 bits per heavy atom. The lowest BCUT2D eigenvalue weighted by molar-refractivity contribution is 0.0729. The van der Waals surface area contributed by atoms with Gasteiger partial charge in [-0.05, 0) is 56.5 Å². The van der Waals surface area contributed by atoms with E-state index in [0.717, 1.165) is 35.3 Å². The highest BCUT2D eigenvalue weighted by molar-refractivity contribution is 5.94. The van der Waals surface area contributed by atoms with E-state index < -0.39 is 0 Å². The van der Waals surface area contributed by atoms with Crippen molar-refractivity contribution in [3.63, 3.8) is 0 Å². The highest BCUT2D eigenvalue weighted by Gasteiger charge is 2.33. The van der Waals surface area contributed by atoms with Gasteiger partial charge in [-0.15, -0.1) is 0 Å². The van der Waals surface area contributed by atoms with Gasteiger partial charge in [0.05, 0.1) is 6.61 Å². The third-order valence-corrected chi connectivity index (χ3v) is 4.54. The molecule has 0 spiro atoms. The number of carbonyl (C=O) groups is 1. The number of aryl methyl sites for hydroxylation is 1. The predicted octanol–water partition coefficient (Wildman–Crippen LogP) is 4.21. The van der Waals surface area contributed by atoms with Gasteiger partial charge in [0.2, 0.25) is 0 Å². The van der Waals surface area contributed by atoms with E-state index in [1.54, 1.807) is 7.11 Å². The standard InChI is InChI=1S/C22H27NO3/c1-16-7-9-19(10-8-16)22(24)23(20-11-12-20)14-18-5-4-6-21(13-18)26-17(2)15-25-3/h4-10,13,17,20H,11-12,14-15H2,1-3H3. The second-order valence-electron chi connectivity index (χ2n) is 7.06. The van der Waals surface area contributed by atoms with Gasteiger partial charge >= 0.3 is 0 Å². The summed E-state index contributed by atoms with van der Waals surface area (Å²) in [4.78, 5) is 15.0. The van der Waals surface area contributed by atoms with Crippen molar-refractivity contribution >= 4 is 5.91 Å². The summed E-state index contributed by atoms with van der Waals surface area (Å²) in [5.74, 6) is 0.914. The van der Waals surface area contributed by atoms with Crippen molar-refractivity contribution in [1.82, 2.24) is 4.90 Å². The van der Waals surface area contributed by atoms with E-state index in [2.05, 4.69) is 0 Å². The Kier molecular flexibility index (Phi) is 5.94. The summed E-state index contributed by atoms with van der Waals surface area (Å²) < 4.78 is 11.0. The van der Waals surface area contributed by atoms with Gasteiger partial charge in [-0.25, -0.2) is 0 Å². The molecule has 3 rings (SSSR count). The Morgan fingerprint density at radius 2 is 1.92 bits per heavy atom. The molecule has 1 saturated carbocycles. The van der Waals surface area contributed by atoms with E-state index >= 15 is 0 Å². The number of benzene rings is 2. The number of methoxy groups -OCH3 is 1. The zero-order valence-corrected chi connectivity index (χ0v) is 15.8. The molecule has 0 saturated heterocycles. The lowest BCUT2D eigenvalue weighted by Crippen LogP contribution is -2.32. The van der Waals surface area contributed by atoms with Crippen LogP contribution in [0.2, 0.25) is 0 Å². The molecule has 1 fully saturated rings. The van der Waals surface area contributed by atoms with Crippen molar-refractivity contribution < 1.29 is 14.3 Å². The van der Waals surface area contributed by atoms with Gasteiger partial charge < -0.3 is 14.4 Å². The molecule has 1 aliphatic carbocycles. The maximum absolute atomic E-state index is 13.0. The first-order valence-corrected chi connectivity index (χ1v) is 9.19. The molecule has 1 unspecified atom stereocenters. The molecule has 2 aromatic carbocycles. The molecule has 1 amide bonds.